The third-order valence-corrected chi connectivity index (χ3v) is 3.51. The Morgan fingerprint density at radius 1 is 1.22 bits per heavy atom. The highest BCUT2D eigenvalue weighted by atomic mass is 16.5. The summed E-state index contributed by atoms with van der Waals surface area (Å²) in [5.74, 6) is 0.635. The van der Waals surface area contributed by atoms with E-state index in [9.17, 15) is 9.90 Å². The van der Waals surface area contributed by atoms with Gasteiger partial charge in [-0.1, -0.05) is 36.4 Å². The molecule has 122 valence electrons. The van der Waals surface area contributed by atoms with Crippen molar-refractivity contribution in [2.45, 2.75) is 33.0 Å². The van der Waals surface area contributed by atoms with E-state index in [1.807, 2.05) is 42.5 Å². The first kappa shape index (κ1) is 17.0. The largest absolute Gasteiger partial charge is 0.489 e. The Morgan fingerprint density at radius 2 is 2.00 bits per heavy atom. The van der Waals surface area contributed by atoms with Crippen LogP contribution in [0.3, 0.4) is 0 Å². The first-order valence-corrected chi connectivity index (χ1v) is 7.75. The molecule has 0 aliphatic rings. The van der Waals surface area contributed by atoms with Crippen molar-refractivity contribution >= 4 is 5.91 Å². The molecule has 0 aliphatic heterocycles. The molecule has 23 heavy (non-hydrogen) atoms. The fourth-order valence-corrected chi connectivity index (χ4v) is 2.19. The van der Waals surface area contributed by atoms with E-state index < -0.39 is 6.10 Å². The number of rotatable bonds is 7. The number of amides is 1. The van der Waals surface area contributed by atoms with Crippen molar-refractivity contribution in [3.63, 3.8) is 0 Å². The number of carbonyl (C=O) groups excluding carboxylic acids is 1. The molecule has 2 rings (SSSR count). The summed E-state index contributed by atoms with van der Waals surface area (Å²) in [5, 5.41) is 11.9. The molecule has 2 aromatic carbocycles. The van der Waals surface area contributed by atoms with E-state index in [4.69, 9.17) is 4.74 Å². The molecule has 1 unspecified atom stereocenters. The number of nitrogens with one attached hydrogen (secondary N) is 1. The number of ether oxygens (including phenoxy) is 1. The Morgan fingerprint density at radius 3 is 2.74 bits per heavy atom. The topological polar surface area (TPSA) is 58.6 Å². The van der Waals surface area contributed by atoms with Gasteiger partial charge in [0.15, 0.2) is 0 Å². The van der Waals surface area contributed by atoms with Gasteiger partial charge in [0.05, 0.1) is 12.5 Å². The number of aliphatic hydroxyl groups is 1. The monoisotopic (exact) mass is 313 g/mol. The lowest BCUT2D eigenvalue weighted by Crippen LogP contribution is -2.31. The first-order valence-electron chi connectivity index (χ1n) is 7.75. The molecule has 0 fully saturated rings. The van der Waals surface area contributed by atoms with Gasteiger partial charge in [-0.15, -0.1) is 0 Å². The minimum Gasteiger partial charge on any atom is -0.489 e. The van der Waals surface area contributed by atoms with E-state index >= 15 is 0 Å². The molecular weight excluding hydrogens is 290 g/mol. The van der Waals surface area contributed by atoms with Crippen LogP contribution in [0.4, 0.5) is 0 Å². The van der Waals surface area contributed by atoms with Crippen LogP contribution in [0.15, 0.2) is 48.5 Å². The summed E-state index contributed by atoms with van der Waals surface area (Å²) in [5.41, 5.74) is 3.23. The number of hydrogen-bond acceptors (Lipinski definition) is 3. The molecule has 0 bridgehead atoms. The zero-order valence-electron chi connectivity index (χ0n) is 13.6. The van der Waals surface area contributed by atoms with Gasteiger partial charge in [-0.2, -0.15) is 0 Å². The van der Waals surface area contributed by atoms with E-state index in [0.29, 0.717) is 6.61 Å². The molecule has 0 radical (unpaired) electrons. The van der Waals surface area contributed by atoms with Gasteiger partial charge in [-0.25, -0.2) is 0 Å². The molecule has 1 atom stereocenters. The number of carbonyl (C=O) groups is 1. The first-order chi connectivity index (χ1) is 11.0. The summed E-state index contributed by atoms with van der Waals surface area (Å²) in [7, 11) is 0. The highest BCUT2D eigenvalue weighted by Gasteiger charge is 2.06. The number of benzene rings is 2. The second-order valence-corrected chi connectivity index (χ2v) is 5.69. The molecule has 1 amide bonds. The molecule has 0 spiro atoms. The van der Waals surface area contributed by atoms with Crippen LogP contribution in [0.1, 0.15) is 23.6 Å². The van der Waals surface area contributed by atoms with Crippen molar-refractivity contribution < 1.29 is 14.6 Å². The minimum absolute atomic E-state index is 0.109. The Labute approximate surface area is 137 Å². The van der Waals surface area contributed by atoms with Gasteiger partial charge >= 0.3 is 0 Å². The molecule has 2 N–H and O–H groups in total. The normalized spacial score (nSPS) is 11.8. The van der Waals surface area contributed by atoms with Crippen LogP contribution in [0.25, 0.3) is 0 Å². The highest BCUT2D eigenvalue weighted by Crippen LogP contribution is 2.17. The average Bonchev–Trinajstić information content (AvgIpc) is 2.52. The molecule has 0 heterocycles. The summed E-state index contributed by atoms with van der Waals surface area (Å²) in [6, 6.07) is 15.6. The lowest BCUT2D eigenvalue weighted by atomic mass is 10.1. The smallest absolute Gasteiger partial charge is 0.224 e. The van der Waals surface area contributed by atoms with Gasteiger partial charge in [0.1, 0.15) is 12.4 Å². The summed E-state index contributed by atoms with van der Waals surface area (Å²) in [4.78, 5) is 11.8. The fraction of sp³-hybridized carbons (Fsp3) is 0.316. The van der Waals surface area contributed by atoms with Crippen LogP contribution >= 0.6 is 0 Å². The van der Waals surface area contributed by atoms with Crippen LogP contribution in [0, 0.1) is 6.92 Å². The fourth-order valence-electron chi connectivity index (χ4n) is 2.19. The van der Waals surface area contributed by atoms with Crippen molar-refractivity contribution in [3.05, 3.63) is 65.2 Å². The molecule has 4 nitrogen and oxygen atoms in total. The van der Waals surface area contributed by atoms with E-state index in [0.717, 1.165) is 16.9 Å². The lowest BCUT2D eigenvalue weighted by molar-refractivity contribution is -0.120. The van der Waals surface area contributed by atoms with Crippen LogP contribution in [0.5, 0.6) is 5.75 Å². The highest BCUT2D eigenvalue weighted by molar-refractivity contribution is 5.78. The zero-order chi connectivity index (χ0) is 16.7. The summed E-state index contributed by atoms with van der Waals surface area (Å²) >= 11 is 0. The van der Waals surface area contributed by atoms with Crippen molar-refractivity contribution in [1.82, 2.24) is 5.32 Å². The predicted octanol–water partition coefficient (Wildman–Crippen LogP) is 2.61. The minimum atomic E-state index is -0.539. The zero-order valence-corrected chi connectivity index (χ0v) is 13.6. The maximum absolute atomic E-state index is 11.8. The van der Waals surface area contributed by atoms with Gasteiger partial charge in [-0.05, 0) is 42.7 Å². The van der Waals surface area contributed by atoms with Crippen molar-refractivity contribution in [3.8, 4) is 5.75 Å². The second-order valence-electron chi connectivity index (χ2n) is 5.69. The second kappa shape index (κ2) is 8.34. The molecule has 0 aromatic heterocycles. The molecule has 2 aromatic rings. The van der Waals surface area contributed by atoms with Gasteiger partial charge in [0.25, 0.3) is 0 Å². The Balaban J connectivity index is 1.92. The maximum atomic E-state index is 11.8. The van der Waals surface area contributed by atoms with Crippen molar-refractivity contribution in [1.29, 1.82) is 0 Å². The molecule has 0 saturated heterocycles. The van der Waals surface area contributed by atoms with Gasteiger partial charge < -0.3 is 15.2 Å². The maximum Gasteiger partial charge on any atom is 0.224 e. The Kier molecular flexibility index (Phi) is 6.18. The van der Waals surface area contributed by atoms with Crippen molar-refractivity contribution in [2.24, 2.45) is 0 Å². The average molecular weight is 313 g/mol. The summed E-state index contributed by atoms with van der Waals surface area (Å²) < 4.78 is 5.82. The number of hydrogen-bond donors (Lipinski definition) is 2. The van der Waals surface area contributed by atoms with Gasteiger partial charge in [0, 0.05) is 6.54 Å². The van der Waals surface area contributed by atoms with Crippen LogP contribution in [-0.4, -0.2) is 23.7 Å². The number of aryl methyl sites for hydroxylation is 1. The lowest BCUT2D eigenvalue weighted by Gasteiger charge is -2.10. The van der Waals surface area contributed by atoms with E-state index in [2.05, 4.69) is 18.3 Å². The van der Waals surface area contributed by atoms with Crippen molar-refractivity contribution in [2.75, 3.05) is 6.54 Å². The SMILES string of the molecule is Cc1ccccc1COc1cccc(CC(=O)NCC(C)O)c1. The Hall–Kier alpha value is -2.33. The molecule has 0 aliphatic carbocycles. The van der Waals surface area contributed by atoms with Crippen LogP contribution < -0.4 is 10.1 Å². The Bertz CT molecular complexity index is 653. The quantitative estimate of drug-likeness (QED) is 0.826. The standard InChI is InChI=1S/C19H23NO3/c1-14-6-3-4-8-17(14)13-23-18-9-5-7-16(10-18)11-19(22)20-12-15(2)21/h3-10,15,21H,11-13H2,1-2H3,(H,20,22). The summed E-state index contributed by atoms with van der Waals surface area (Å²) in [6.07, 6.45) is -0.267. The van der Waals surface area contributed by atoms with Crippen LogP contribution in [0.2, 0.25) is 0 Å². The van der Waals surface area contributed by atoms with Gasteiger partial charge in [-0.3, -0.25) is 4.79 Å². The predicted molar refractivity (Wildman–Crippen MR) is 90.3 cm³/mol. The third-order valence-electron chi connectivity index (χ3n) is 3.51. The van der Waals surface area contributed by atoms with E-state index in [1.54, 1.807) is 6.92 Å². The molecular formula is C19H23NO3. The van der Waals surface area contributed by atoms with E-state index in [-0.39, 0.29) is 18.9 Å². The summed E-state index contributed by atoms with van der Waals surface area (Å²) in [6.45, 7) is 4.47. The van der Waals surface area contributed by atoms with Crippen LogP contribution in [-0.2, 0) is 17.8 Å². The third kappa shape index (κ3) is 5.75. The molecule has 0 saturated carbocycles. The molecule has 4 heteroatoms. The number of aliphatic hydroxyl groups excluding tert-OH is 1. The van der Waals surface area contributed by atoms with Gasteiger partial charge in [0.2, 0.25) is 5.91 Å². The van der Waals surface area contributed by atoms with E-state index in [1.165, 1.54) is 5.56 Å².